The predicted molar refractivity (Wildman–Crippen MR) is 149 cm³/mol. The number of aromatic nitrogens is 2. The first-order valence-corrected chi connectivity index (χ1v) is 13.3. The molecule has 0 aliphatic carbocycles. The van der Waals surface area contributed by atoms with Crippen LogP contribution in [0.25, 0.3) is 16.6 Å². The van der Waals surface area contributed by atoms with Crippen LogP contribution >= 0.6 is 0 Å². The van der Waals surface area contributed by atoms with Gasteiger partial charge in [-0.1, -0.05) is 44.2 Å². The van der Waals surface area contributed by atoms with E-state index >= 15 is 0 Å². The summed E-state index contributed by atoms with van der Waals surface area (Å²) in [5, 5.41) is 15.7. The number of methoxy groups -OCH3 is 1. The molecule has 0 radical (unpaired) electrons. The molecule has 3 aliphatic rings. The third kappa shape index (κ3) is 3.12. The lowest BCUT2D eigenvalue weighted by atomic mass is 9.75. The largest absolute Gasteiger partial charge is 0.495 e. The zero-order valence-corrected chi connectivity index (χ0v) is 22.4. The van der Waals surface area contributed by atoms with E-state index in [2.05, 4.69) is 5.32 Å². The Balaban J connectivity index is 1.52. The summed E-state index contributed by atoms with van der Waals surface area (Å²) in [6, 6.07) is 17.7. The van der Waals surface area contributed by atoms with Gasteiger partial charge < -0.3 is 4.74 Å². The SMILES string of the molecule is COc1ccc([N+](=O)[O-])cc1N1C(=O)[C@H]2[C@@H](C1=O)[C@]1(N[C@H]2C(C)C)c2ccccc2-n2c1nc1ccccc1c2=O. The van der Waals surface area contributed by atoms with Crippen molar-refractivity contribution in [1.29, 1.82) is 0 Å². The minimum Gasteiger partial charge on any atom is -0.495 e. The van der Waals surface area contributed by atoms with Crippen LogP contribution in [0, 0.1) is 27.9 Å². The van der Waals surface area contributed by atoms with Crippen molar-refractivity contribution in [2.24, 2.45) is 17.8 Å². The molecule has 1 N–H and O–H groups in total. The van der Waals surface area contributed by atoms with Gasteiger partial charge >= 0.3 is 0 Å². The van der Waals surface area contributed by atoms with Crippen molar-refractivity contribution in [3.8, 4) is 11.4 Å². The summed E-state index contributed by atoms with van der Waals surface area (Å²) < 4.78 is 6.98. The van der Waals surface area contributed by atoms with Gasteiger partial charge in [0.25, 0.3) is 11.2 Å². The van der Waals surface area contributed by atoms with E-state index in [1.54, 1.807) is 28.8 Å². The molecule has 4 atom stereocenters. The summed E-state index contributed by atoms with van der Waals surface area (Å²) in [5.74, 6) is -2.41. The number of para-hydroxylation sites is 2. The van der Waals surface area contributed by atoms with Gasteiger partial charge in [-0.15, -0.1) is 0 Å². The Bertz CT molecular complexity index is 1880. The second kappa shape index (κ2) is 8.55. The quantitative estimate of drug-likeness (QED) is 0.232. The molecule has 2 saturated heterocycles. The second-order valence-corrected chi connectivity index (χ2v) is 11.0. The van der Waals surface area contributed by atoms with Crippen LogP contribution in [0.3, 0.4) is 0 Å². The fraction of sp³-hybridized carbons (Fsp3) is 0.267. The van der Waals surface area contributed by atoms with Gasteiger partial charge in [0.15, 0.2) is 0 Å². The van der Waals surface area contributed by atoms with E-state index in [4.69, 9.17) is 9.72 Å². The van der Waals surface area contributed by atoms with E-state index in [-0.39, 0.29) is 28.6 Å². The smallest absolute Gasteiger partial charge is 0.271 e. The van der Waals surface area contributed by atoms with Crippen LogP contribution in [0.2, 0.25) is 0 Å². The molecule has 11 nitrogen and oxygen atoms in total. The van der Waals surface area contributed by atoms with Crippen LogP contribution in [0.5, 0.6) is 5.75 Å². The summed E-state index contributed by atoms with van der Waals surface area (Å²) in [7, 11) is 1.38. The number of fused-ring (bicyclic) bond motifs is 8. The lowest BCUT2D eigenvalue weighted by Crippen LogP contribution is -2.51. The van der Waals surface area contributed by atoms with E-state index in [0.717, 1.165) is 4.90 Å². The van der Waals surface area contributed by atoms with Gasteiger partial charge in [0.2, 0.25) is 11.8 Å². The molecular formula is C30H25N5O6. The number of hydrogen-bond donors (Lipinski definition) is 1. The van der Waals surface area contributed by atoms with Crippen molar-refractivity contribution < 1.29 is 19.2 Å². The van der Waals surface area contributed by atoms with Gasteiger partial charge in [-0.3, -0.25) is 34.4 Å². The molecule has 3 aromatic carbocycles. The van der Waals surface area contributed by atoms with Crippen molar-refractivity contribution in [2.75, 3.05) is 12.0 Å². The average Bonchev–Trinajstić information content (AvgIpc) is 3.56. The third-order valence-corrected chi connectivity index (χ3v) is 8.63. The van der Waals surface area contributed by atoms with Gasteiger partial charge in [-0.05, 0) is 30.2 Å². The molecule has 7 rings (SSSR count). The minimum absolute atomic E-state index is 0.0129. The number of nitro groups is 1. The van der Waals surface area contributed by atoms with Gasteiger partial charge in [0.1, 0.15) is 22.8 Å². The van der Waals surface area contributed by atoms with E-state index in [1.165, 1.54) is 25.3 Å². The number of ether oxygens (including phenoxy) is 1. The Morgan fingerprint density at radius 1 is 1.00 bits per heavy atom. The number of benzene rings is 3. The fourth-order valence-electron chi connectivity index (χ4n) is 6.93. The number of rotatable bonds is 4. The molecule has 11 heteroatoms. The number of nitrogens with one attached hydrogen (secondary N) is 1. The first-order chi connectivity index (χ1) is 19.7. The van der Waals surface area contributed by atoms with Gasteiger partial charge in [-0.25, -0.2) is 9.88 Å². The molecule has 3 aliphatic heterocycles. The van der Waals surface area contributed by atoms with Crippen molar-refractivity contribution in [2.45, 2.75) is 25.4 Å². The average molecular weight is 552 g/mol. The number of amides is 2. The lowest BCUT2D eigenvalue weighted by molar-refractivity contribution is -0.384. The summed E-state index contributed by atoms with van der Waals surface area (Å²) in [6.45, 7) is 3.92. The van der Waals surface area contributed by atoms with Crippen molar-refractivity contribution in [3.05, 3.63) is 98.6 Å². The summed E-state index contributed by atoms with van der Waals surface area (Å²) >= 11 is 0. The van der Waals surface area contributed by atoms with E-state index in [0.29, 0.717) is 28.0 Å². The highest BCUT2D eigenvalue weighted by Crippen LogP contribution is 2.57. The Kier molecular flexibility index (Phi) is 5.23. The van der Waals surface area contributed by atoms with Crippen molar-refractivity contribution in [1.82, 2.24) is 14.9 Å². The summed E-state index contributed by atoms with van der Waals surface area (Å²) in [5.41, 5.74) is -0.0806. The second-order valence-electron chi connectivity index (χ2n) is 11.0. The maximum atomic E-state index is 14.6. The summed E-state index contributed by atoms with van der Waals surface area (Å²) in [6.07, 6.45) is 0. The number of carbonyl (C=O) groups is 2. The molecule has 0 unspecified atom stereocenters. The summed E-state index contributed by atoms with van der Waals surface area (Å²) in [4.78, 5) is 59.7. The molecule has 1 aromatic heterocycles. The number of imide groups is 1. The van der Waals surface area contributed by atoms with Crippen LogP contribution in [0.4, 0.5) is 11.4 Å². The zero-order chi connectivity index (χ0) is 28.8. The van der Waals surface area contributed by atoms with Gasteiger partial charge in [0, 0.05) is 23.7 Å². The lowest BCUT2D eigenvalue weighted by Gasteiger charge is -2.32. The maximum Gasteiger partial charge on any atom is 0.271 e. The topological polar surface area (TPSA) is 137 Å². The Labute approximate surface area is 233 Å². The minimum atomic E-state index is -1.30. The fourth-order valence-corrected chi connectivity index (χ4v) is 6.93. The molecule has 0 bridgehead atoms. The first kappa shape index (κ1) is 25.1. The van der Waals surface area contributed by atoms with E-state index in [1.807, 2.05) is 38.1 Å². The highest BCUT2D eigenvalue weighted by atomic mass is 16.6. The number of nitro benzene ring substituents is 1. The standard InChI is InChI=1S/C30H25N5O6/c1-15(2)25-23-24(28(38)33(27(23)37)21-14-16(35(39)40)12-13-22(21)41-3)30(32-25)18-9-5-7-11-20(18)34-26(36)17-8-4-6-10-19(17)31-29(30)34/h4-15,23-25,32H,1-3H3/t23-,24-,25-,30+/m0/s1. The number of carbonyl (C=O) groups excluding carboxylic acids is 2. The highest BCUT2D eigenvalue weighted by molar-refractivity contribution is 6.24. The third-order valence-electron chi connectivity index (χ3n) is 8.63. The van der Waals surface area contributed by atoms with Crippen LogP contribution in [-0.4, -0.2) is 39.4 Å². The molecule has 4 heterocycles. The van der Waals surface area contributed by atoms with Crippen LogP contribution in [0.1, 0.15) is 25.2 Å². The Morgan fingerprint density at radius 3 is 2.46 bits per heavy atom. The van der Waals surface area contributed by atoms with Gasteiger partial charge in [0.05, 0.1) is 40.5 Å². The zero-order valence-electron chi connectivity index (χ0n) is 22.4. The van der Waals surface area contributed by atoms with Crippen molar-refractivity contribution in [3.63, 3.8) is 0 Å². The number of hydrogen-bond acceptors (Lipinski definition) is 8. The molecule has 0 saturated carbocycles. The van der Waals surface area contributed by atoms with Crippen LogP contribution in [0.15, 0.2) is 71.5 Å². The molecular weight excluding hydrogens is 526 g/mol. The molecule has 2 amide bonds. The molecule has 2 fully saturated rings. The first-order valence-electron chi connectivity index (χ1n) is 13.3. The van der Waals surface area contributed by atoms with Crippen LogP contribution in [-0.2, 0) is 15.1 Å². The van der Waals surface area contributed by atoms with Crippen molar-refractivity contribution >= 4 is 34.1 Å². The normalized spacial score (nSPS) is 24.3. The highest BCUT2D eigenvalue weighted by Gasteiger charge is 2.70. The number of non-ortho nitro benzene ring substituents is 1. The molecule has 41 heavy (non-hydrogen) atoms. The van der Waals surface area contributed by atoms with E-state index < -0.39 is 40.2 Å². The monoisotopic (exact) mass is 551 g/mol. The van der Waals surface area contributed by atoms with Gasteiger partial charge in [-0.2, -0.15) is 0 Å². The molecule has 1 spiro atoms. The number of nitrogens with zero attached hydrogens (tertiary/aromatic N) is 4. The van der Waals surface area contributed by atoms with E-state index in [9.17, 15) is 24.5 Å². The Hall–Kier alpha value is -4.90. The Morgan fingerprint density at radius 2 is 1.73 bits per heavy atom. The molecule has 4 aromatic rings. The maximum absolute atomic E-state index is 14.6. The predicted octanol–water partition coefficient (Wildman–Crippen LogP) is 3.29. The van der Waals surface area contributed by atoms with Crippen LogP contribution < -0.4 is 20.5 Å². The number of anilines is 1. The molecule has 206 valence electrons.